The lowest BCUT2D eigenvalue weighted by Crippen LogP contribution is -2.39. The van der Waals surface area contributed by atoms with Crippen LogP contribution in [0.5, 0.6) is 0 Å². The van der Waals surface area contributed by atoms with E-state index in [4.69, 9.17) is 13.9 Å². The smallest absolute Gasteiger partial charge is 0.191 e. The van der Waals surface area contributed by atoms with Gasteiger partial charge in [0.05, 0.1) is 6.26 Å². The van der Waals surface area contributed by atoms with Crippen LogP contribution in [-0.4, -0.2) is 52.0 Å². The first-order chi connectivity index (χ1) is 11.9. The number of rotatable bonds is 14. The lowest BCUT2D eigenvalue weighted by Gasteiger charge is -2.12. The first-order valence-electron chi connectivity index (χ1n) is 9.06. The van der Waals surface area contributed by atoms with Gasteiger partial charge in [0.2, 0.25) is 0 Å². The predicted molar refractivity (Wildman–Crippen MR) is 97.6 cm³/mol. The second kappa shape index (κ2) is 15.0. The first kappa shape index (κ1) is 20.5. The summed E-state index contributed by atoms with van der Waals surface area (Å²) >= 11 is 0. The number of unbranched alkanes of at least 4 members (excludes halogenated alkanes) is 1. The van der Waals surface area contributed by atoms with E-state index in [0.717, 1.165) is 83.5 Å². The largest absolute Gasteiger partial charge is 0.469 e. The van der Waals surface area contributed by atoms with Gasteiger partial charge in [0, 0.05) is 52.5 Å². The summed E-state index contributed by atoms with van der Waals surface area (Å²) in [6.45, 7) is 9.61. The third kappa shape index (κ3) is 11.1. The van der Waals surface area contributed by atoms with E-state index in [-0.39, 0.29) is 0 Å². The number of nitrogens with one attached hydrogen (secondary N) is 2. The minimum atomic E-state index is 0.758. The number of nitrogens with zero attached hydrogens (tertiary/aromatic N) is 1. The highest BCUT2D eigenvalue weighted by Crippen LogP contribution is 1.99. The summed E-state index contributed by atoms with van der Waals surface area (Å²) in [5.74, 6) is 1.84. The highest BCUT2D eigenvalue weighted by atomic mass is 16.5. The number of hydrogen-bond donors (Lipinski definition) is 2. The summed E-state index contributed by atoms with van der Waals surface area (Å²) in [6.07, 6.45) is 5.61. The standard InChI is InChI=1S/C18H33N3O3/c1-3-22-14-6-5-11-19-18(20-12-8-15-23-4-2)21-13-10-17-9-7-16-24-17/h7,9,16H,3-6,8,10-15H2,1-2H3,(H2,19,20,21). The van der Waals surface area contributed by atoms with Gasteiger partial charge in [-0.2, -0.15) is 0 Å². The Morgan fingerprint density at radius 1 is 1.04 bits per heavy atom. The van der Waals surface area contributed by atoms with Crippen molar-refractivity contribution in [3.8, 4) is 0 Å². The first-order valence-corrected chi connectivity index (χ1v) is 9.06. The van der Waals surface area contributed by atoms with Crippen LogP contribution in [0, 0.1) is 0 Å². The van der Waals surface area contributed by atoms with Crippen LogP contribution in [0.3, 0.4) is 0 Å². The van der Waals surface area contributed by atoms with E-state index >= 15 is 0 Å². The van der Waals surface area contributed by atoms with Crippen molar-refractivity contribution in [1.82, 2.24) is 10.6 Å². The predicted octanol–water partition coefficient (Wildman–Crippen LogP) is 2.60. The third-order valence-electron chi connectivity index (χ3n) is 3.38. The quantitative estimate of drug-likeness (QED) is 0.310. The molecular weight excluding hydrogens is 306 g/mol. The zero-order valence-corrected chi connectivity index (χ0v) is 15.2. The average Bonchev–Trinajstić information content (AvgIpc) is 3.10. The maximum Gasteiger partial charge on any atom is 0.191 e. The van der Waals surface area contributed by atoms with E-state index < -0.39 is 0 Å². The second-order valence-corrected chi connectivity index (χ2v) is 5.37. The van der Waals surface area contributed by atoms with Crippen molar-refractivity contribution in [3.63, 3.8) is 0 Å². The SMILES string of the molecule is CCOCCCCNC(=NCCCOCC)NCCc1ccco1. The van der Waals surface area contributed by atoms with Gasteiger partial charge < -0.3 is 24.5 Å². The molecule has 0 aliphatic rings. The molecule has 1 aromatic rings. The highest BCUT2D eigenvalue weighted by molar-refractivity contribution is 5.79. The molecule has 1 rings (SSSR count). The molecule has 0 spiro atoms. The molecule has 0 saturated carbocycles. The summed E-state index contributed by atoms with van der Waals surface area (Å²) in [7, 11) is 0. The normalized spacial score (nSPS) is 11.7. The topological polar surface area (TPSA) is 68.0 Å². The van der Waals surface area contributed by atoms with Crippen LogP contribution in [-0.2, 0) is 15.9 Å². The van der Waals surface area contributed by atoms with E-state index in [0.29, 0.717) is 0 Å². The summed E-state index contributed by atoms with van der Waals surface area (Å²) in [5.41, 5.74) is 0. The molecule has 138 valence electrons. The Morgan fingerprint density at radius 3 is 2.50 bits per heavy atom. The van der Waals surface area contributed by atoms with E-state index in [1.807, 2.05) is 26.0 Å². The number of hydrogen-bond acceptors (Lipinski definition) is 4. The van der Waals surface area contributed by atoms with Gasteiger partial charge in [0.1, 0.15) is 5.76 Å². The van der Waals surface area contributed by atoms with Gasteiger partial charge in [0.15, 0.2) is 5.96 Å². The molecule has 0 bridgehead atoms. The fraction of sp³-hybridized carbons (Fsp3) is 0.722. The lowest BCUT2D eigenvalue weighted by molar-refractivity contribution is 0.143. The Kier molecular flexibility index (Phi) is 12.8. The van der Waals surface area contributed by atoms with Gasteiger partial charge in [-0.25, -0.2) is 0 Å². The van der Waals surface area contributed by atoms with Crippen molar-refractivity contribution in [2.24, 2.45) is 4.99 Å². The Bertz CT molecular complexity index is 408. The molecule has 24 heavy (non-hydrogen) atoms. The van der Waals surface area contributed by atoms with Crippen LogP contribution in [0.25, 0.3) is 0 Å². The Hall–Kier alpha value is -1.53. The Morgan fingerprint density at radius 2 is 1.79 bits per heavy atom. The van der Waals surface area contributed by atoms with E-state index in [1.165, 1.54) is 0 Å². The van der Waals surface area contributed by atoms with Crippen LogP contribution < -0.4 is 10.6 Å². The zero-order chi connectivity index (χ0) is 17.3. The molecule has 0 unspecified atom stereocenters. The van der Waals surface area contributed by atoms with Crippen LogP contribution in [0.4, 0.5) is 0 Å². The van der Waals surface area contributed by atoms with E-state index in [2.05, 4.69) is 15.6 Å². The molecule has 0 atom stereocenters. The van der Waals surface area contributed by atoms with Gasteiger partial charge >= 0.3 is 0 Å². The molecule has 0 amide bonds. The van der Waals surface area contributed by atoms with Crippen molar-refractivity contribution in [2.45, 2.75) is 39.5 Å². The molecular formula is C18H33N3O3. The maximum atomic E-state index is 5.35. The van der Waals surface area contributed by atoms with Gasteiger partial charge in [-0.1, -0.05) is 0 Å². The summed E-state index contributed by atoms with van der Waals surface area (Å²) in [5, 5.41) is 6.74. The molecule has 0 aliphatic carbocycles. The van der Waals surface area contributed by atoms with Crippen molar-refractivity contribution < 1.29 is 13.9 Å². The minimum Gasteiger partial charge on any atom is -0.469 e. The Labute approximate surface area is 146 Å². The fourth-order valence-corrected chi connectivity index (χ4v) is 2.12. The molecule has 0 saturated heterocycles. The van der Waals surface area contributed by atoms with E-state index in [9.17, 15) is 0 Å². The van der Waals surface area contributed by atoms with Crippen LogP contribution in [0.2, 0.25) is 0 Å². The van der Waals surface area contributed by atoms with Gasteiger partial charge in [-0.15, -0.1) is 0 Å². The molecule has 6 heteroatoms. The molecule has 0 aromatic carbocycles. The number of aliphatic imine (C=N–C) groups is 1. The summed E-state index contributed by atoms with van der Waals surface area (Å²) < 4.78 is 16.0. The molecule has 0 aliphatic heterocycles. The van der Waals surface area contributed by atoms with Gasteiger partial charge in [-0.3, -0.25) is 4.99 Å². The molecule has 1 aromatic heterocycles. The minimum absolute atomic E-state index is 0.758. The van der Waals surface area contributed by atoms with Crippen LogP contribution in [0.15, 0.2) is 27.8 Å². The van der Waals surface area contributed by atoms with Gasteiger partial charge in [0.25, 0.3) is 0 Å². The van der Waals surface area contributed by atoms with Crippen molar-refractivity contribution in [3.05, 3.63) is 24.2 Å². The lowest BCUT2D eigenvalue weighted by atomic mass is 10.3. The maximum absolute atomic E-state index is 5.35. The van der Waals surface area contributed by atoms with Gasteiger partial charge in [-0.05, 0) is 45.2 Å². The number of furan rings is 1. The van der Waals surface area contributed by atoms with Crippen LogP contribution >= 0.6 is 0 Å². The van der Waals surface area contributed by atoms with Crippen LogP contribution in [0.1, 0.15) is 38.9 Å². The molecule has 6 nitrogen and oxygen atoms in total. The summed E-state index contributed by atoms with van der Waals surface area (Å²) in [6, 6.07) is 3.90. The van der Waals surface area contributed by atoms with Crippen molar-refractivity contribution in [1.29, 1.82) is 0 Å². The molecule has 0 radical (unpaired) electrons. The van der Waals surface area contributed by atoms with Crippen molar-refractivity contribution in [2.75, 3.05) is 46.1 Å². The average molecular weight is 339 g/mol. The Balaban J connectivity index is 2.24. The highest BCUT2D eigenvalue weighted by Gasteiger charge is 2.00. The fourth-order valence-electron chi connectivity index (χ4n) is 2.12. The number of guanidine groups is 1. The molecule has 2 N–H and O–H groups in total. The van der Waals surface area contributed by atoms with Crippen molar-refractivity contribution >= 4 is 5.96 Å². The zero-order valence-electron chi connectivity index (χ0n) is 15.2. The number of ether oxygens (including phenoxy) is 2. The second-order valence-electron chi connectivity index (χ2n) is 5.37. The molecule has 1 heterocycles. The molecule has 0 fully saturated rings. The van der Waals surface area contributed by atoms with E-state index in [1.54, 1.807) is 6.26 Å². The third-order valence-corrected chi connectivity index (χ3v) is 3.38. The summed E-state index contributed by atoms with van der Waals surface area (Å²) in [4.78, 5) is 4.60. The monoisotopic (exact) mass is 339 g/mol.